The number of nitrogens with one attached hydrogen (secondary N) is 2. The molecule has 0 spiro atoms. The van der Waals surface area contributed by atoms with E-state index in [1.54, 1.807) is 0 Å². The van der Waals surface area contributed by atoms with Crippen LogP contribution in [0.25, 0.3) is 0 Å². The number of ketones is 1. The summed E-state index contributed by atoms with van der Waals surface area (Å²) in [4.78, 5) is 14.5. The first kappa shape index (κ1) is 20.3. The molecule has 0 aromatic heterocycles. The largest absolute Gasteiger partial charge is 0.317 e. The Hall–Kier alpha value is -1.01. The lowest BCUT2D eigenvalue weighted by Crippen LogP contribution is -2.56. The van der Waals surface area contributed by atoms with Gasteiger partial charge in [0.05, 0.1) is 10.8 Å². The SMILES string of the molecule is O=C(C1(c2ccc(Br)cc2)CCNCC1)C1(c2ccc(Br)cc2)CCNCC1. The molecule has 2 aliphatic rings. The van der Waals surface area contributed by atoms with Crippen LogP contribution in [0.2, 0.25) is 0 Å². The van der Waals surface area contributed by atoms with Crippen molar-refractivity contribution in [1.82, 2.24) is 10.6 Å². The summed E-state index contributed by atoms with van der Waals surface area (Å²) in [5, 5.41) is 6.92. The van der Waals surface area contributed by atoms with Gasteiger partial charge in [-0.15, -0.1) is 0 Å². The molecule has 28 heavy (non-hydrogen) atoms. The van der Waals surface area contributed by atoms with Crippen LogP contribution in [-0.2, 0) is 15.6 Å². The molecular formula is C23H26Br2N2O. The molecule has 2 aromatic rings. The van der Waals surface area contributed by atoms with E-state index in [9.17, 15) is 4.79 Å². The normalized spacial score (nSPS) is 21.2. The zero-order valence-electron chi connectivity index (χ0n) is 15.9. The molecule has 0 radical (unpaired) electrons. The third kappa shape index (κ3) is 3.62. The number of piperidine rings is 2. The molecule has 0 saturated carbocycles. The first-order valence-corrected chi connectivity index (χ1v) is 11.6. The van der Waals surface area contributed by atoms with Gasteiger partial charge >= 0.3 is 0 Å². The van der Waals surface area contributed by atoms with Gasteiger partial charge in [0.2, 0.25) is 0 Å². The number of hydrogen-bond donors (Lipinski definition) is 2. The van der Waals surface area contributed by atoms with Crippen LogP contribution in [-0.4, -0.2) is 32.0 Å². The molecule has 0 unspecified atom stereocenters. The summed E-state index contributed by atoms with van der Waals surface area (Å²) >= 11 is 7.09. The fourth-order valence-corrected chi connectivity index (χ4v) is 5.53. The molecule has 2 aliphatic heterocycles. The van der Waals surface area contributed by atoms with E-state index in [1.165, 1.54) is 0 Å². The second-order valence-corrected chi connectivity index (χ2v) is 9.84. The average Bonchev–Trinajstić information content (AvgIpc) is 2.75. The van der Waals surface area contributed by atoms with Gasteiger partial charge in [-0.05, 0) is 87.3 Å². The maximum absolute atomic E-state index is 14.5. The minimum atomic E-state index is -0.420. The Balaban J connectivity index is 1.82. The van der Waals surface area contributed by atoms with Gasteiger partial charge in [-0.3, -0.25) is 4.79 Å². The number of hydrogen-bond acceptors (Lipinski definition) is 3. The first-order chi connectivity index (χ1) is 13.6. The summed E-state index contributed by atoms with van der Waals surface area (Å²) in [7, 11) is 0. The molecule has 148 valence electrons. The summed E-state index contributed by atoms with van der Waals surface area (Å²) in [6.45, 7) is 3.54. The third-order valence-corrected chi connectivity index (χ3v) is 7.63. The summed E-state index contributed by atoms with van der Waals surface area (Å²) in [6, 6.07) is 16.9. The van der Waals surface area contributed by atoms with Gasteiger partial charge in [0.1, 0.15) is 0 Å². The lowest BCUT2D eigenvalue weighted by molar-refractivity contribution is -0.132. The minimum Gasteiger partial charge on any atom is -0.317 e. The molecule has 2 heterocycles. The van der Waals surface area contributed by atoms with Crippen LogP contribution in [0.15, 0.2) is 57.5 Å². The van der Waals surface area contributed by atoms with E-state index < -0.39 is 10.8 Å². The molecule has 5 heteroatoms. The molecule has 2 saturated heterocycles. The van der Waals surface area contributed by atoms with Crippen molar-refractivity contribution >= 4 is 37.6 Å². The predicted molar refractivity (Wildman–Crippen MR) is 121 cm³/mol. The second-order valence-electron chi connectivity index (χ2n) is 8.01. The third-order valence-electron chi connectivity index (χ3n) is 6.58. The fraction of sp³-hybridized carbons (Fsp3) is 0.435. The van der Waals surface area contributed by atoms with Gasteiger partial charge in [-0.1, -0.05) is 56.1 Å². The van der Waals surface area contributed by atoms with Crippen molar-refractivity contribution in [3.63, 3.8) is 0 Å². The topological polar surface area (TPSA) is 41.1 Å². The molecule has 0 amide bonds. The summed E-state index contributed by atoms with van der Waals surface area (Å²) in [6.07, 6.45) is 3.44. The van der Waals surface area contributed by atoms with Crippen LogP contribution in [0.3, 0.4) is 0 Å². The summed E-state index contributed by atoms with van der Waals surface area (Å²) < 4.78 is 2.11. The molecule has 0 aliphatic carbocycles. The highest BCUT2D eigenvalue weighted by Crippen LogP contribution is 2.46. The molecule has 3 nitrogen and oxygen atoms in total. The quantitative estimate of drug-likeness (QED) is 0.631. The van der Waals surface area contributed by atoms with Crippen molar-refractivity contribution in [2.24, 2.45) is 0 Å². The molecular weight excluding hydrogens is 480 g/mol. The van der Waals surface area contributed by atoms with E-state index >= 15 is 0 Å². The standard InChI is InChI=1S/C23H26Br2N2O/c24-19-5-1-17(2-6-19)22(9-13-26-14-10-22)21(28)23(11-15-27-16-12-23)18-3-7-20(25)8-4-18/h1-8,26-27H,9-16H2. The maximum atomic E-state index is 14.5. The Morgan fingerprint density at radius 2 is 0.964 bits per heavy atom. The van der Waals surface area contributed by atoms with Gasteiger partial charge in [-0.2, -0.15) is 0 Å². The van der Waals surface area contributed by atoms with Gasteiger partial charge in [-0.25, -0.2) is 0 Å². The number of carbonyl (C=O) groups excluding carboxylic acids is 1. The lowest BCUT2D eigenvalue weighted by atomic mass is 9.57. The monoisotopic (exact) mass is 504 g/mol. The van der Waals surface area contributed by atoms with Crippen molar-refractivity contribution in [2.45, 2.75) is 36.5 Å². The highest BCUT2D eigenvalue weighted by atomic mass is 79.9. The van der Waals surface area contributed by atoms with Gasteiger partial charge in [0.25, 0.3) is 0 Å². The Morgan fingerprint density at radius 3 is 1.29 bits per heavy atom. The number of rotatable bonds is 4. The van der Waals surface area contributed by atoms with Crippen molar-refractivity contribution in [2.75, 3.05) is 26.2 Å². The Bertz CT molecular complexity index is 751. The van der Waals surface area contributed by atoms with E-state index in [2.05, 4.69) is 91.0 Å². The average molecular weight is 506 g/mol. The van der Waals surface area contributed by atoms with Crippen LogP contribution in [0.1, 0.15) is 36.8 Å². The van der Waals surface area contributed by atoms with Gasteiger partial charge < -0.3 is 10.6 Å². The Labute approximate surface area is 183 Å². The predicted octanol–water partition coefficient (Wildman–Crippen LogP) is 4.72. The van der Waals surface area contributed by atoms with Crippen LogP contribution < -0.4 is 10.6 Å². The van der Waals surface area contributed by atoms with Crippen molar-refractivity contribution < 1.29 is 4.79 Å². The van der Waals surface area contributed by atoms with Crippen LogP contribution in [0, 0.1) is 0 Å². The van der Waals surface area contributed by atoms with E-state index in [0.29, 0.717) is 5.78 Å². The summed E-state index contributed by atoms with van der Waals surface area (Å²) in [5.74, 6) is 0.410. The molecule has 0 atom stereocenters. The van der Waals surface area contributed by atoms with E-state index in [4.69, 9.17) is 0 Å². The fourth-order valence-electron chi connectivity index (χ4n) is 5.00. The zero-order valence-corrected chi connectivity index (χ0v) is 19.1. The second kappa shape index (κ2) is 8.39. The van der Waals surface area contributed by atoms with Gasteiger partial charge in [0.15, 0.2) is 5.78 Å². The number of halogens is 2. The first-order valence-electron chi connectivity index (χ1n) is 10.1. The van der Waals surface area contributed by atoms with E-state index in [0.717, 1.165) is 71.9 Å². The maximum Gasteiger partial charge on any atom is 0.154 e. The number of Topliss-reactive ketones (excluding diaryl/α,β-unsaturated/α-hetero) is 1. The lowest BCUT2D eigenvalue weighted by Gasteiger charge is -2.46. The van der Waals surface area contributed by atoms with Crippen molar-refractivity contribution in [1.29, 1.82) is 0 Å². The molecule has 2 aromatic carbocycles. The Kier molecular flexibility index (Phi) is 6.07. The smallest absolute Gasteiger partial charge is 0.154 e. The molecule has 0 bridgehead atoms. The molecule has 2 N–H and O–H groups in total. The van der Waals surface area contributed by atoms with Gasteiger partial charge in [0, 0.05) is 8.95 Å². The molecule has 4 rings (SSSR count). The van der Waals surface area contributed by atoms with Crippen molar-refractivity contribution in [3.8, 4) is 0 Å². The number of carbonyl (C=O) groups is 1. The number of benzene rings is 2. The highest BCUT2D eigenvalue weighted by molar-refractivity contribution is 9.10. The van der Waals surface area contributed by atoms with E-state index in [1.807, 2.05) is 0 Å². The minimum absolute atomic E-state index is 0.410. The molecule has 2 fully saturated rings. The summed E-state index contributed by atoms with van der Waals surface area (Å²) in [5.41, 5.74) is 1.49. The highest BCUT2D eigenvalue weighted by Gasteiger charge is 2.52. The Morgan fingerprint density at radius 1 is 0.643 bits per heavy atom. The van der Waals surface area contributed by atoms with Crippen LogP contribution in [0.5, 0.6) is 0 Å². The van der Waals surface area contributed by atoms with E-state index in [-0.39, 0.29) is 0 Å². The zero-order chi connectivity index (χ0) is 19.6. The van der Waals surface area contributed by atoms with Crippen molar-refractivity contribution in [3.05, 3.63) is 68.6 Å². The van der Waals surface area contributed by atoms with Crippen LogP contribution >= 0.6 is 31.9 Å². The van der Waals surface area contributed by atoms with Crippen LogP contribution in [0.4, 0.5) is 0 Å².